The van der Waals surface area contributed by atoms with Gasteiger partial charge in [0.05, 0.1) is 14.2 Å². The molecule has 0 heterocycles. The van der Waals surface area contributed by atoms with Gasteiger partial charge in [0.15, 0.2) is 0 Å². The van der Waals surface area contributed by atoms with Crippen LogP contribution in [0, 0.1) is 0 Å². The Labute approximate surface area is 79.1 Å². The first kappa shape index (κ1) is 4.39. The number of hydrogen-bond acceptors (Lipinski definition) is 3. The summed E-state index contributed by atoms with van der Waals surface area (Å²) in [5.41, 5.74) is 0. The van der Waals surface area contributed by atoms with E-state index in [0.29, 0.717) is 0 Å². The third-order valence-electron chi connectivity index (χ3n) is 1.18. The van der Waals surface area contributed by atoms with Crippen molar-refractivity contribution >= 4 is 10.1 Å². The highest BCUT2D eigenvalue weighted by molar-refractivity contribution is 7.86. The zero-order chi connectivity index (χ0) is 13.3. The van der Waals surface area contributed by atoms with E-state index in [-0.39, 0.29) is 4.90 Å². The van der Waals surface area contributed by atoms with Crippen molar-refractivity contribution in [3.8, 4) is 0 Å². The summed E-state index contributed by atoms with van der Waals surface area (Å²) < 4.78 is 62.0. The summed E-state index contributed by atoms with van der Waals surface area (Å²) in [6, 6.07) is 6.77. The molecule has 3 nitrogen and oxygen atoms in total. The van der Waals surface area contributed by atoms with Crippen LogP contribution < -0.4 is 0 Å². The van der Waals surface area contributed by atoms with Crippen molar-refractivity contribution < 1.29 is 19.5 Å². The molecule has 4 heteroatoms. The van der Waals surface area contributed by atoms with Crippen LogP contribution in [0.25, 0.3) is 0 Å². The van der Waals surface area contributed by atoms with Crippen LogP contribution in [0.4, 0.5) is 0 Å². The van der Waals surface area contributed by atoms with Gasteiger partial charge in [0.1, 0.15) is 0 Å². The molecule has 0 bridgehead atoms. The van der Waals surface area contributed by atoms with Gasteiger partial charge in [-0.3, -0.25) is 4.18 Å². The van der Waals surface area contributed by atoms with Crippen LogP contribution in [0.5, 0.6) is 0 Å². The molecule has 12 heavy (non-hydrogen) atoms. The average molecular weight is 191 g/mol. The molecule has 0 atom stereocenters. The zero-order valence-electron chi connectivity index (χ0n) is 11.0. The van der Waals surface area contributed by atoms with E-state index < -0.39 is 23.5 Å². The molecule has 0 N–H and O–H groups in total. The highest BCUT2D eigenvalue weighted by Gasteiger charge is 2.11. The lowest BCUT2D eigenvalue weighted by Gasteiger charge is -2.01. The van der Waals surface area contributed by atoms with E-state index in [9.17, 15) is 8.42 Å². The second-order valence-corrected chi connectivity index (χ2v) is 3.50. The Balaban J connectivity index is 3.04. The summed E-state index contributed by atoms with van der Waals surface area (Å²) in [4.78, 5) is -0.298. The van der Waals surface area contributed by atoms with Crippen molar-refractivity contribution in [2.24, 2.45) is 0 Å². The molecule has 1 aromatic carbocycles. The molecule has 66 valence electrons. The molecule has 0 aliphatic rings. The highest BCUT2D eigenvalue weighted by atomic mass is 32.2. The Morgan fingerprint density at radius 3 is 2.75 bits per heavy atom. The Morgan fingerprint density at radius 2 is 2.17 bits per heavy atom. The Bertz CT molecular complexity index is 480. The van der Waals surface area contributed by atoms with Gasteiger partial charge in [-0.1, -0.05) is 18.2 Å². The lowest BCUT2D eigenvalue weighted by molar-refractivity contribution is 0.338. The molecule has 0 radical (unpaired) electrons. The van der Waals surface area contributed by atoms with Crippen molar-refractivity contribution in [3.63, 3.8) is 0 Å². The Kier molecular flexibility index (Phi) is 1.35. The maximum Gasteiger partial charge on any atom is 0.296 e. The summed E-state index contributed by atoms with van der Waals surface area (Å²) in [7, 11) is -4.44. The van der Waals surface area contributed by atoms with Gasteiger partial charge in [-0.15, -0.1) is 0 Å². The Hall–Kier alpha value is -0.870. The van der Waals surface area contributed by atoms with Crippen molar-refractivity contribution in [3.05, 3.63) is 30.3 Å². The first-order valence-electron chi connectivity index (χ1n) is 5.57. The minimum absolute atomic E-state index is 0.298. The molecule has 0 aliphatic carbocycles. The predicted molar refractivity (Wildman–Crippen MR) is 45.3 cm³/mol. The average Bonchev–Trinajstić information content (AvgIpc) is 2.15. The molecule has 0 saturated heterocycles. The van der Waals surface area contributed by atoms with Crippen LogP contribution in [0.1, 0.15) is 13.7 Å². The van der Waals surface area contributed by atoms with Crippen molar-refractivity contribution in [1.29, 1.82) is 0 Å². The van der Waals surface area contributed by atoms with Gasteiger partial charge in [-0.2, -0.15) is 8.42 Å². The summed E-state index contributed by atoms with van der Waals surface area (Å²) in [6.07, 6.45) is 0. The van der Waals surface area contributed by atoms with Crippen molar-refractivity contribution in [2.75, 3.05) is 6.56 Å². The van der Waals surface area contributed by atoms with E-state index in [1.54, 1.807) is 6.07 Å². The van der Waals surface area contributed by atoms with E-state index in [0.717, 1.165) is 0 Å². The van der Waals surface area contributed by atoms with Crippen LogP contribution in [0.15, 0.2) is 35.2 Å². The van der Waals surface area contributed by atoms with Gasteiger partial charge >= 0.3 is 0 Å². The fourth-order valence-electron chi connectivity index (χ4n) is 0.690. The molecule has 1 aromatic rings. The largest absolute Gasteiger partial charge is 0.296 e. The fraction of sp³-hybridized carbons (Fsp3) is 0.250. The number of benzene rings is 1. The van der Waals surface area contributed by atoms with Crippen LogP contribution in [0.2, 0.25) is 0 Å². The topological polar surface area (TPSA) is 43.4 Å². The number of hydrogen-bond donors (Lipinski definition) is 0. The van der Waals surface area contributed by atoms with Crippen LogP contribution in [0.3, 0.4) is 0 Å². The van der Waals surface area contributed by atoms with Gasteiger partial charge in [0, 0.05) is 4.11 Å². The quantitative estimate of drug-likeness (QED) is 0.678. The number of rotatable bonds is 3. The lowest BCUT2D eigenvalue weighted by Crippen LogP contribution is -2.05. The van der Waals surface area contributed by atoms with E-state index in [1.807, 2.05) is 0 Å². The molecule has 0 saturated carbocycles. The fourth-order valence-corrected chi connectivity index (χ4v) is 1.39. The van der Waals surface area contributed by atoms with E-state index in [1.165, 1.54) is 24.3 Å². The molecule has 0 amide bonds. The monoisotopic (exact) mass is 191 g/mol. The maximum absolute atomic E-state index is 11.6. The normalized spacial score (nSPS) is 19.8. The third-order valence-corrected chi connectivity index (χ3v) is 2.34. The molecule has 0 fully saturated rings. The highest BCUT2D eigenvalue weighted by Crippen LogP contribution is 2.10. The SMILES string of the molecule is [2H]C([2H])([2H])C([2H])([2H])OS(=O)(=O)c1ccccc1. The minimum Gasteiger partial charge on any atom is -0.267 e. The predicted octanol–water partition coefficient (Wildman–Crippen LogP) is 1.41. The van der Waals surface area contributed by atoms with E-state index >= 15 is 0 Å². The molecule has 0 unspecified atom stereocenters. The van der Waals surface area contributed by atoms with E-state index in [4.69, 9.17) is 6.85 Å². The van der Waals surface area contributed by atoms with E-state index in [2.05, 4.69) is 4.18 Å². The summed E-state index contributed by atoms with van der Waals surface area (Å²) >= 11 is 0. The molecular formula is C8H10O3S. The zero-order valence-corrected chi connectivity index (χ0v) is 6.84. The van der Waals surface area contributed by atoms with Gasteiger partial charge in [0.2, 0.25) is 0 Å². The third kappa shape index (κ3) is 2.06. The van der Waals surface area contributed by atoms with Crippen molar-refractivity contribution in [1.82, 2.24) is 0 Å². The molecule has 1 rings (SSSR count). The van der Waals surface area contributed by atoms with Crippen LogP contribution in [-0.4, -0.2) is 15.0 Å². The van der Waals surface area contributed by atoms with Crippen LogP contribution in [-0.2, 0) is 14.3 Å². The minimum atomic E-state index is -4.44. The smallest absolute Gasteiger partial charge is 0.267 e. The summed E-state index contributed by atoms with van der Waals surface area (Å²) in [5.74, 6) is 0. The molecule has 0 aliphatic heterocycles. The second-order valence-electron chi connectivity index (χ2n) is 1.95. The van der Waals surface area contributed by atoms with Gasteiger partial charge in [-0.05, 0) is 19.0 Å². The van der Waals surface area contributed by atoms with Crippen molar-refractivity contribution in [2.45, 2.75) is 11.7 Å². The summed E-state index contributed by atoms with van der Waals surface area (Å²) in [5, 5.41) is 0. The first-order chi connectivity index (χ1) is 7.56. The second kappa shape index (κ2) is 3.69. The molecule has 0 aromatic heterocycles. The Morgan fingerprint density at radius 1 is 1.50 bits per heavy atom. The maximum atomic E-state index is 11.6. The lowest BCUT2D eigenvalue weighted by atomic mass is 10.4. The first-order valence-corrected chi connectivity index (χ1v) is 4.48. The van der Waals surface area contributed by atoms with Gasteiger partial charge in [-0.25, -0.2) is 0 Å². The summed E-state index contributed by atoms with van der Waals surface area (Å²) in [6.45, 7) is -6.45. The molecule has 0 spiro atoms. The van der Waals surface area contributed by atoms with Gasteiger partial charge in [0.25, 0.3) is 10.1 Å². The van der Waals surface area contributed by atoms with Crippen LogP contribution >= 0.6 is 0 Å². The molecular weight excluding hydrogens is 176 g/mol. The standard InChI is InChI=1S/C8H10O3S/c1-2-11-12(9,10)8-6-4-3-5-7-8/h3-7H,2H2,1H3/i1D3,2D2. The van der Waals surface area contributed by atoms with Gasteiger partial charge < -0.3 is 0 Å².